The molecule has 5 heteroatoms. The number of nitriles is 1. The molecule has 0 spiro atoms. The highest BCUT2D eigenvalue weighted by molar-refractivity contribution is 5.91. The van der Waals surface area contributed by atoms with Crippen molar-refractivity contribution in [2.75, 3.05) is 13.1 Å². The van der Waals surface area contributed by atoms with Crippen LogP contribution >= 0.6 is 0 Å². The Labute approximate surface area is 161 Å². The number of piperidine rings is 1. The lowest BCUT2D eigenvalue weighted by molar-refractivity contribution is -0.128. The van der Waals surface area contributed by atoms with Crippen molar-refractivity contribution in [1.29, 1.82) is 5.26 Å². The van der Waals surface area contributed by atoms with Crippen molar-refractivity contribution in [3.63, 3.8) is 0 Å². The summed E-state index contributed by atoms with van der Waals surface area (Å²) in [4.78, 5) is 26.6. The van der Waals surface area contributed by atoms with Crippen molar-refractivity contribution in [2.45, 2.75) is 51.0 Å². The molecule has 142 valence electrons. The summed E-state index contributed by atoms with van der Waals surface area (Å²) in [5.74, 6) is 0.394. The van der Waals surface area contributed by atoms with Crippen LogP contribution in [0.5, 0.6) is 0 Å². The van der Waals surface area contributed by atoms with Crippen LogP contribution in [-0.4, -0.2) is 35.8 Å². The first kappa shape index (κ1) is 19.2. The second-order valence-corrected chi connectivity index (χ2v) is 7.51. The first-order valence-corrected chi connectivity index (χ1v) is 9.93. The van der Waals surface area contributed by atoms with Gasteiger partial charge in [0.25, 0.3) is 0 Å². The Morgan fingerprint density at radius 2 is 1.70 bits per heavy atom. The first-order valence-electron chi connectivity index (χ1n) is 9.93. The van der Waals surface area contributed by atoms with Gasteiger partial charge >= 0.3 is 0 Å². The monoisotopic (exact) mass is 365 g/mol. The molecule has 1 aromatic carbocycles. The Hall–Kier alpha value is -2.61. The topological polar surface area (TPSA) is 73.2 Å². The van der Waals surface area contributed by atoms with Gasteiger partial charge in [-0.15, -0.1) is 0 Å². The molecule has 1 aliphatic heterocycles. The van der Waals surface area contributed by atoms with Crippen LogP contribution in [0.4, 0.5) is 0 Å². The van der Waals surface area contributed by atoms with Gasteiger partial charge in [-0.1, -0.05) is 31.4 Å². The van der Waals surface area contributed by atoms with Gasteiger partial charge in [-0.05, 0) is 49.5 Å². The maximum Gasteiger partial charge on any atom is 0.246 e. The normalized spacial score (nSPS) is 19.0. The van der Waals surface area contributed by atoms with E-state index in [4.69, 9.17) is 5.26 Å². The number of carbonyl (C=O) groups is 2. The molecule has 27 heavy (non-hydrogen) atoms. The summed E-state index contributed by atoms with van der Waals surface area (Å²) < 4.78 is 0. The molecule has 1 N–H and O–H groups in total. The van der Waals surface area contributed by atoms with Crippen LogP contribution in [-0.2, 0) is 9.59 Å². The lowest BCUT2D eigenvalue weighted by atomic mass is 9.88. The number of hydrogen-bond donors (Lipinski definition) is 1. The molecule has 1 saturated carbocycles. The molecule has 0 atom stereocenters. The van der Waals surface area contributed by atoms with Crippen molar-refractivity contribution in [3.05, 3.63) is 41.5 Å². The maximum absolute atomic E-state index is 12.4. The van der Waals surface area contributed by atoms with Crippen molar-refractivity contribution < 1.29 is 9.59 Å². The van der Waals surface area contributed by atoms with Gasteiger partial charge in [0.15, 0.2) is 0 Å². The number of carbonyl (C=O) groups excluding carboxylic acids is 2. The third kappa shape index (κ3) is 5.43. The quantitative estimate of drug-likeness (QED) is 0.833. The highest BCUT2D eigenvalue weighted by atomic mass is 16.2. The van der Waals surface area contributed by atoms with Crippen LogP contribution in [0.1, 0.15) is 56.1 Å². The zero-order valence-electron chi connectivity index (χ0n) is 15.7. The minimum absolute atomic E-state index is 0.00332. The molecule has 1 aliphatic carbocycles. The van der Waals surface area contributed by atoms with Gasteiger partial charge in [0.05, 0.1) is 11.6 Å². The number of rotatable bonds is 4. The lowest BCUT2D eigenvalue weighted by Crippen LogP contribution is -2.47. The van der Waals surface area contributed by atoms with Crippen LogP contribution < -0.4 is 5.32 Å². The molecule has 1 heterocycles. The molecule has 2 aliphatic rings. The third-order valence-corrected chi connectivity index (χ3v) is 5.59. The Bertz CT molecular complexity index is 719. The van der Waals surface area contributed by atoms with Gasteiger partial charge < -0.3 is 10.2 Å². The Kier molecular flexibility index (Phi) is 6.64. The maximum atomic E-state index is 12.4. The minimum Gasteiger partial charge on any atom is -0.353 e. The van der Waals surface area contributed by atoms with Crippen molar-refractivity contribution in [1.82, 2.24) is 10.2 Å². The summed E-state index contributed by atoms with van der Waals surface area (Å²) in [6, 6.07) is 9.40. The van der Waals surface area contributed by atoms with Crippen LogP contribution in [0.2, 0.25) is 0 Å². The largest absolute Gasteiger partial charge is 0.353 e. The van der Waals surface area contributed by atoms with Crippen molar-refractivity contribution in [2.24, 2.45) is 5.92 Å². The number of likely N-dealkylation sites (tertiary alicyclic amines) is 1. The van der Waals surface area contributed by atoms with Gasteiger partial charge in [-0.2, -0.15) is 5.26 Å². The molecular weight excluding hydrogens is 338 g/mol. The fraction of sp³-hybridized carbons (Fsp3) is 0.500. The van der Waals surface area contributed by atoms with Gasteiger partial charge in [0, 0.05) is 31.1 Å². The van der Waals surface area contributed by atoms with Gasteiger partial charge in [0.2, 0.25) is 11.8 Å². The van der Waals surface area contributed by atoms with Crippen molar-refractivity contribution in [3.8, 4) is 6.07 Å². The number of benzene rings is 1. The zero-order valence-corrected chi connectivity index (χ0v) is 15.7. The van der Waals surface area contributed by atoms with Gasteiger partial charge in [-0.3, -0.25) is 9.59 Å². The van der Waals surface area contributed by atoms with E-state index in [1.54, 1.807) is 24.3 Å². The van der Waals surface area contributed by atoms with E-state index in [9.17, 15) is 9.59 Å². The summed E-state index contributed by atoms with van der Waals surface area (Å²) >= 11 is 0. The fourth-order valence-corrected chi connectivity index (χ4v) is 3.87. The lowest BCUT2D eigenvalue weighted by Gasteiger charge is -2.33. The second kappa shape index (κ2) is 9.36. The average molecular weight is 365 g/mol. The van der Waals surface area contributed by atoms with Gasteiger partial charge in [0.1, 0.15) is 0 Å². The molecule has 3 rings (SSSR count). The van der Waals surface area contributed by atoms with E-state index in [1.165, 1.54) is 6.42 Å². The van der Waals surface area contributed by atoms with Crippen LogP contribution in [0, 0.1) is 17.2 Å². The first-order chi connectivity index (χ1) is 13.2. The molecule has 0 unspecified atom stereocenters. The molecule has 0 radical (unpaired) electrons. The van der Waals surface area contributed by atoms with E-state index in [0.717, 1.165) is 44.1 Å². The number of hydrogen-bond acceptors (Lipinski definition) is 3. The summed E-state index contributed by atoms with van der Waals surface area (Å²) in [7, 11) is 0. The summed E-state index contributed by atoms with van der Waals surface area (Å²) in [6.07, 6.45) is 10.6. The average Bonchev–Trinajstić information content (AvgIpc) is 2.73. The Balaban J connectivity index is 1.43. The minimum atomic E-state index is -0.00332. The Morgan fingerprint density at radius 3 is 2.33 bits per heavy atom. The molecule has 1 aromatic rings. The third-order valence-electron chi connectivity index (χ3n) is 5.59. The number of amides is 2. The van der Waals surface area contributed by atoms with E-state index in [-0.39, 0.29) is 23.8 Å². The van der Waals surface area contributed by atoms with E-state index in [0.29, 0.717) is 18.7 Å². The molecule has 2 fully saturated rings. The molecule has 0 bridgehead atoms. The zero-order chi connectivity index (χ0) is 19.1. The molecule has 2 amide bonds. The standard InChI is InChI=1S/C22H27N3O2/c23-16-18-8-6-17(7-9-18)10-11-21(26)25-14-12-20(13-15-25)24-22(27)19-4-2-1-3-5-19/h6-11,19-20H,1-5,12-15H2,(H,24,27)/b11-10-. The highest BCUT2D eigenvalue weighted by Crippen LogP contribution is 2.24. The van der Waals surface area contributed by atoms with Crippen LogP contribution in [0.3, 0.4) is 0 Å². The smallest absolute Gasteiger partial charge is 0.246 e. The van der Waals surface area contributed by atoms with Crippen LogP contribution in [0.25, 0.3) is 6.08 Å². The van der Waals surface area contributed by atoms with Crippen LogP contribution in [0.15, 0.2) is 30.3 Å². The molecule has 1 saturated heterocycles. The molecule has 5 nitrogen and oxygen atoms in total. The predicted octanol–water partition coefficient (Wildman–Crippen LogP) is 3.26. The van der Waals surface area contributed by atoms with E-state index in [2.05, 4.69) is 11.4 Å². The summed E-state index contributed by atoms with van der Waals surface area (Å²) in [5, 5.41) is 12.0. The second-order valence-electron chi connectivity index (χ2n) is 7.51. The van der Waals surface area contributed by atoms with E-state index < -0.39 is 0 Å². The SMILES string of the molecule is N#Cc1ccc(/C=C\C(=O)N2CCC(NC(=O)C3CCCCC3)CC2)cc1. The Morgan fingerprint density at radius 1 is 1.04 bits per heavy atom. The highest BCUT2D eigenvalue weighted by Gasteiger charge is 2.26. The number of nitrogens with one attached hydrogen (secondary N) is 1. The molecular formula is C22H27N3O2. The van der Waals surface area contributed by atoms with E-state index in [1.807, 2.05) is 17.0 Å². The van der Waals surface area contributed by atoms with Gasteiger partial charge in [-0.25, -0.2) is 0 Å². The van der Waals surface area contributed by atoms with E-state index >= 15 is 0 Å². The summed E-state index contributed by atoms with van der Waals surface area (Å²) in [5.41, 5.74) is 1.51. The number of nitrogens with zero attached hydrogens (tertiary/aromatic N) is 2. The molecule has 0 aromatic heterocycles. The fourth-order valence-electron chi connectivity index (χ4n) is 3.87. The van der Waals surface area contributed by atoms with Crippen molar-refractivity contribution >= 4 is 17.9 Å². The summed E-state index contributed by atoms with van der Waals surface area (Å²) in [6.45, 7) is 1.35. The predicted molar refractivity (Wildman–Crippen MR) is 105 cm³/mol.